The van der Waals surface area contributed by atoms with Crippen LogP contribution in [0.5, 0.6) is 0 Å². The highest BCUT2D eigenvalue weighted by Crippen LogP contribution is 2.48. The number of hydrogen-bond donors (Lipinski definition) is 3. The third-order valence-corrected chi connectivity index (χ3v) is 4.84. The first kappa shape index (κ1) is 18.7. The summed E-state index contributed by atoms with van der Waals surface area (Å²) in [6.07, 6.45) is 2.30. The molecule has 6 nitrogen and oxygen atoms in total. The average Bonchev–Trinajstić information content (AvgIpc) is 3.35. The quantitative estimate of drug-likeness (QED) is 0.577. The second kappa shape index (κ2) is 8.18. The average molecular weight is 393 g/mol. The zero-order valence-corrected chi connectivity index (χ0v) is 15.5. The molecular weight excluding hydrogens is 373 g/mol. The number of urea groups is 1. The molecule has 1 aromatic heterocycles. The summed E-state index contributed by atoms with van der Waals surface area (Å²) in [5.41, 5.74) is 2.24. The Morgan fingerprint density at radius 1 is 0.966 bits per heavy atom. The molecule has 2 aromatic carbocycles. The van der Waals surface area contributed by atoms with E-state index < -0.39 is 0 Å². The van der Waals surface area contributed by atoms with Crippen LogP contribution in [0.2, 0.25) is 0 Å². The van der Waals surface area contributed by atoms with Crippen molar-refractivity contribution in [1.82, 2.24) is 5.32 Å². The minimum atomic E-state index is -0.349. The minimum absolute atomic E-state index is 0.0591. The van der Waals surface area contributed by atoms with E-state index in [1.54, 1.807) is 54.8 Å². The fraction of sp³-hybridized carbons (Fsp3) is 0.182. The van der Waals surface area contributed by atoms with Gasteiger partial charge in [0.15, 0.2) is 0 Å². The summed E-state index contributed by atoms with van der Waals surface area (Å²) in [5.74, 6) is 0.354. The molecule has 3 amide bonds. The Labute approximate surface area is 167 Å². The maximum absolute atomic E-state index is 13.0. The van der Waals surface area contributed by atoms with Crippen molar-refractivity contribution in [3.05, 3.63) is 84.1 Å². The lowest BCUT2D eigenvalue weighted by molar-refractivity contribution is -0.117. The second-order valence-corrected chi connectivity index (χ2v) is 6.95. The summed E-state index contributed by atoms with van der Waals surface area (Å²) in [5, 5.41) is 8.29. The molecule has 0 saturated heterocycles. The number of anilines is 2. The van der Waals surface area contributed by atoms with Crippen LogP contribution in [0.25, 0.3) is 0 Å². The lowest BCUT2D eigenvalue weighted by Crippen LogP contribution is -2.27. The molecular formula is C22H20FN3O3. The molecule has 1 heterocycles. The summed E-state index contributed by atoms with van der Waals surface area (Å²) >= 11 is 0. The van der Waals surface area contributed by atoms with E-state index in [9.17, 15) is 14.0 Å². The standard InChI is InChI=1S/C22H20FN3O3/c23-15-5-3-14(4-6-15)19-12-20(19)21(27)25-16-7-9-17(10-8-16)26-22(28)24-13-18-2-1-11-29-18/h1-11,19-20H,12-13H2,(H,25,27)(H2,24,26,28). The van der Waals surface area contributed by atoms with Crippen LogP contribution in [0.1, 0.15) is 23.7 Å². The topological polar surface area (TPSA) is 83.4 Å². The number of nitrogens with one attached hydrogen (secondary N) is 3. The number of halogens is 1. The third-order valence-electron chi connectivity index (χ3n) is 4.84. The van der Waals surface area contributed by atoms with Crippen molar-refractivity contribution >= 4 is 23.3 Å². The van der Waals surface area contributed by atoms with Crippen molar-refractivity contribution in [1.29, 1.82) is 0 Å². The molecule has 0 aliphatic heterocycles. The second-order valence-electron chi connectivity index (χ2n) is 6.95. The number of hydrogen-bond acceptors (Lipinski definition) is 3. The number of amides is 3. The van der Waals surface area contributed by atoms with Crippen molar-refractivity contribution in [3.63, 3.8) is 0 Å². The first-order valence-corrected chi connectivity index (χ1v) is 9.32. The Kier molecular flexibility index (Phi) is 5.29. The summed E-state index contributed by atoms with van der Waals surface area (Å²) in [4.78, 5) is 24.3. The van der Waals surface area contributed by atoms with Gasteiger partial charge in [-0.2, -0.15) is 0 Å². The Balaban J connectivity index is 1.25. The van der Waals surface area contributed by atoms with Crippen molar-refractivity contribution < 1.29 is 18.4 Å². The van der Waals surface area contributed by atoms with Crippen LogP contribution >= 0.6 is 0 Å². The van der Waals surface area contributed by atoms with Gasteiger partial charge in [-0.05, 0) is 66.4 Å². The fourth-order valence-corrected chi connectivity index (χ4v) is 3.19. The van der Waals surface area contributed by atoms with Gasteiger partial charge in [0.05, 0.1) is 12.8 Å². The highest BCUT2D eigenvalue weighted by atomic mass is 19.1. The number of furan rings is 1. The molecule has 1 saturated carbocycles. The van der Waals surface area contributed by atoms with Gasteiger partial charge in [-0.1, -0.05) is 12.1 Å². The lowest BCUT2D eigenvalue weighted by atomic mass is 10.1. The van der Waals surface area contributed by atoms with E-state index in [0.717, 1.165) is 12.0 Å². The molecule has 7 heteroatoms. The molecule has 148 valence electrons. The van der Waals surface area contributed by atoms with Crippen LogP contribution in [-0.2, 0) is 11.3 Å². The highest BCUT2D eigenvalue weighted by Gasteiger charge is 2.43. The molecule has 0 radical (unpaired) electrons. The van der Waals surface area contributed by atoms with Gasteiger partial charge >= 0.3 is 6.03 Å². The molecule has 0 bridgehead atoms. The number of rotatable bonds is 6. The monoisotopic (exact) mass is 393 g/mol. The van der Waals surface area contributed by atoms with Gasteiger partial charge < -0.3 is 20.4 Å². The van der Waals surface area contributed by atoms with Gasteiger partial charge in [0.2, 0.25) is 5.91 Å². The predicted molar refractivity (Wildman–Crippen MR) is 107 cm³/mol. The predicted octanol–water partition coefficient (Wildman–Crippen LogP) is 4.48. The maximum Gasteiger partial charge on any atom is 0.319 e. The molecule has 2 atom stereocenters. The third kappa shape index (κ3) is 4.82. The smallest absolute Gasteiger partial charge is 0.319 e. The minimum Gasteiger partial charge on any atom is -0.467 e. The van der Waals surface area contributed by atoms with Crippen molar-refractivity contribution in [3.8, 4) is 0 Å². The Bertz CT molecular complexity index is 985. The molecule has 3 aromatic rings. The van der Waals surface area contributed by atoms with Crippen LogP contribution in [-0.4, -0.2) is 11.9 Å². The van der Waals surface area contributed by atoms with Crippen LogP contribution in [0.4, 0.5) is 20.6 Å². The van der Waals surface area contributed by atoms with E-state index in [1.165, 1.54) is 12.1 Å². The Hall–Kier alpha value is -3.61. The number of benzene rings is 2. The number of carbonyl (C=O) groups is 2. The summed E-state index contributed by atoms with van der Waals surface area (Å²) in [6, 6.07) is 16.4. The molecule has 1 aliphatic rings. The van der Waals surface area contributed by atoms with E-state index in [4.69, 9.17) is 4.42 Å². The highest BCUT2D eigenvalue weighted by molar-refractivity contribution is 5.95. The SMILES string of the molecule is O=C(NCc1ccco1)Nc1ccc(NC(=O)C2CC2c2ccc(F)cc2)cc1. The van der Waals surface area contributed by atoms with Crippen molar-refractivity contribution in [2.75, 3.05) is 10.6 Å². The molecule has 0 spiro atoms. The van der Waals surface area contributed by atoms with Gasteiger partial charge in [0.25, 0.3) is 0 Å². The summed E-state index contributed by atoms with van der Waals surface area (Å²) in [6.45, 7) is 0.295. The van der Waals surface area contributed by atoms with Crippen LogP contribution in [0.15, 0.2) is 71.3 Å². The molecule has 2 unspecified atom stereocenters. The largest absolute Gasteiger partial charge is 0.467 e. The van der Waals surface area contributed by atoms with E-state index in [-0.39, 0.29) is 29.6 Å². The van der Waals surface area contributed by atoms with Crippen LogP contribution in [0, 0.1) is 11.7 Å². The molecule has 1 aliphatic carbocycles. The zero-order chi connectivity index (χ0) is 20.2. The summed E-state index contributed by atoms with van der Waals surface area (Å²) < 4.78 is 18.2. The van der Waals surface area contributed by atoms with Gasteiger partial charge in [0.1, 0.15) is 11.6 Å². The van der Waals surface area contributed by atoms with Crippen molar-refractivity contribution in [2.45, 2.75) is 18.9 Å². The van der Waals surface area contributed by atoms with Crippen LogP contribution in [0.3, 0.4) is 0 Å². The van der Waals surface area contributed by atoms with Crippen LogP contribution < -0.4 is 16.0 Å². The van der Waals surface area contributed by atoms with Crippen molar-refractivity contribution in [2.24, 2.45) is 5.92 Å². The Morgan fingerprint density at radius 2 is 1.66 bits per heavy atom. The van der Waals surface area contributed by atoms with Gasteiger partial charge in [-0.3, -0.25) is 4.79 Å². The Morgan fingerprint density at radius 3 is 2.31 bits per heavy atom. The molecule has 1 fully saturated rings. The molecule has 3 N–H and O–H groups in total. The van der Waals surface area contributed by atoms with E-state index >= 15 is 0 Å². The first-order chi connectivity index (χ1) is 14.1. The normalized spacial score (nSPS) is 17.4. The number of carbonyl (C=O) groups excluding carboxylic acids is 2. The van der Waals surface area contributed by atoms with E-state index in [0.29, 0.717) is 23.7 Å². The molecule has 29 heavy (non-hydrogen) atoms. The zero-order valence-electron chi connectivity index (χ0n) is 15.5. The summed E-state index contributed by atoms with van der Waals surface area (Å²) in [7, 11) is 0. The fourth-order valence-electron chi connectivity index (χ4n) is 3.19. The van der Waals surface area contributed by atoms with E-state index in [1.807, 2.05) is 0 Å². The van der Waals surface area contributed by atoms with Gasteiger partial charge in [-0.25, -0.2) is 9.18 Å². The molecule has 4 rings (SSSR count). The van der Waals surface area contributed by atoms with Gasteiger partial charge in [0, 0.05) is 17.3 Å². The van der Waals surface area contributed by atoms with Gasteiger partial charge in [-0.15, -0.1) is 0 Å². The van der Waals surface area contributed by atoms with E-state index in [2.05, 4.69) is 16.0 Å². The lowest BCUT2D eigenvalue weighted by Gasteiger charge is -2.09. The maximum atomic E-state index is 13.0. The first-order valence-electron chi connectivity index (χ1n) is 9.32.